The van der Waals surface area contributed by atoms with Crippen LogP contribution in [0.25, 0.3) is 0 Å². The van der Waals surface area contributed by atoms with Crippen molar-refractivity contribution in [3.05, 3.63) is 34.3 Å². The van der Waals surface area contributed by atoms with E-state index < -0.39 is 0 Å². The van der Waals surface area contributed by atoms with Crippen LogP contribution in [-0.4, -0.2) is 36.5 Å². The van der Waals surface area contributed by atoms with Gasteiger partial charge in [0.15, 0.2) is 0 Å². The summed E-state index contributed by atoms with van der Waals surface area (Å²) in [6, 6.07) is 5.83. The Hall–Kier alpha value is -1.06. The first-order valence-electron chi connectivity index (χ1n) is 7.56. The van der Waals surface area contributed by atoms with Crippen molar-refractivity contribution < 1.29 is 4.79 Å². The molecule has 0 bridgehead atoms. The number of nitrogens with one attached hydrogen (secondary N) is 1. The molecule has 1 aromatic rings. The Morgan fingerprint density at radius 2 is 2.14 bits per heavy atom. The number of carbonyl (C=O) groups excluding carboxylic acids is 1. The summed E-state index contributed by atoms with van der Waals surface area (Å²) in [5.41, 5.74) is 1.66. The van der Waals surface area contributed by atoms with Gasteiger partial charge in [-0.15, -0.1) is 0 Å². The second-order valence-corrected chi connectivity index (χ2v) is 7.46. The van der Waals surface area contributed by atoms with Gasteiger partial charge in [-0.2, -0.15) is 0 Å². The minimum atomic E-state index is 0.0741. The van der Waals surface area contributed by atoms with Gasteiger partial charge in [0, 0.05) is 29.7 Å². The second kappa shape index (κ2) is 6.37. The molecular weight excluding hydrogens is 284 g/mol. The van der Waals surface area contributed by atoms with Crippen molar-refractivity contribution in [2.45, 2.75) is 40.2 Å². The van der Waals surface area contributed by atoms with E-state index in [4.69, 9.17) is 11.6 Å². The lowest BCUT2D eigenvalue weighted by Crippen LogP contribution is -2.46. The molecule has 1 heterocycles. The molecule has 0 spiro atoms. The number of halogens is 1. The summed E-state index contributed by atoms with van der Waals surface area (Å²) in [6.07, 6.45) is 1.02. The zero-order valence-electron chi connectivity index (χ0n) is 13.4. The Morgan fingerprint density at radius 1 is 1.43 bits per heavy atom. The number of carbonyl (C=O) groups is 1. The molecule has 1 aliphatic rings. The summed E-state index contributed by atoms with van der Waals surface area (Å²) < 4.78 is 0. The molecule has 1 fully saturated rings. The molecule has 1 saturated heterocycles. The fraction of sp³-hybridized carbons (Fsp3) is 0.588. The predicted octanol–water partition coefficient (Wildman–Crippen LogP) is 3.50. The normalized spacial score (nSPS) is 18.8. The monoisotopic (exact) mass is 308 g/mol. The average Bonchev–Trinajstić information content (AvgIpc) is 2.91. The van der Waals surface area contributed by atoms with Gasteiger partial charge in [0.25, 0.3) is 5.91 Å². The summed E-state index contributed by atoms with van der Waals surface area (Å²) in [5.74, 6) is 0.0959. The van der Waals surface area contributed by atoms with Crippen LogP contribution < -0.4 is 5.32 Å². The van der Waals surface area contributed by atoms with E-state index in [1.54, 1.807) is 0 Å². The Labute approximate surface area is 132 Å². The van der Waals surface area contributed by atoms with Gasteiger partial charge < -0.3 is 10.2 Å². The zero-order valence-corrected chi connectivity index (χ0v) is 14.1. The van der Waals surface area contributed by atoms with Crippen molar-refractivity contribution in [1.29, 1.82) is 0 Å². The van der Waals surface area contributed by atoms with Gasteiger partial charge in [-0.3, -0.25) is 4.79 Å². The number of hydrogen-bond donors (Lipinski definition) is 1. The van der Waals surface area contributed by atoms with E-state index in [1.807, 2.05) is 30.0 Å². The molecule has 1 aromatic carbocycles. The minimum absolute atomic E-state index is 0.0741. The maximum Gasteiger partial charge on any atom is 0.254 e. The highest BCUT2D eigenvalue weighted by Crippen LogP contribution is 2.25. The van der Waals surface area contributed by atoms with Crippen LogP contribution in [0, 0.1) is 12.3 Å². The first-order valence-corrected chi connectivity index (χ1v) is 7.94. The molecule has 1 aliphatic heterocycles. The van der Waals surface area contributed by atoms with Crippen LogP contribution >= 0.6 is 11.6 Å². The molecule has 0 saturated carbocycles. The molecule has 2 rings (SSSR count). The van der Waals surface area contributed by atoms with E-state index in [0.717, 1.165) is 37.2 Å². The summed E-state index contributed by atoms with van der Waals surface area (Å²) in [4.78, 5) is 15.0. The summed E-state index contributed by atoms with van der Waals surface area (Å²) in [7, 11) is 0. The highest BCUT2D eigenvalue weighted by molar-refractivity contribution is 6.31. The van der Waals surface area contributed by atoms with Crippen LogP contribution in [0.5, 0.6) is 0 Å². The van der Waals surface area contributed by atoms with Crippen molar-refractivity contribution >= 4 is 17.5 Å². The third kappa shape index (κ3) is 3.98. The molecular formula is C17H25ClN2O. The van der Waals surface area contributed by atoms with Crippen molar-refractivity contribution in [3.8, 4) is 0 Å². The molecule has 116 valence electrons. The average molecular weight is 309 g/mol. The summed E-state index contributed by atoms with van der Waals surface area (Å²) in [5, 5.41) is 4.00. The van der Waals surface area contributed by atoms with Gasteiger partial charge in [0.05, 0.1) is 0 Å². The lowest BCUT2D eigenvalue weighted by atomic mass is 9.94. The van der Waals surface area contributed by atoms with Gasteiger partial charge in [0.1, 0.15) is 0 Å². The number of rotatable bonds is 3. The maximum absolute atomic E-state index is 13.0. The topological polar surface area (TPSA) is 32.3 Å². The van der Waals surface area contributed by atoms with E-state index in [-0.39, 0.29) is 17.4 Å². The molecule has 1 unspecified atom stereocenters. The summed E-state index contributed by atoms with van der Waals surface area (Å²) in [6.45, 7) is 11.0. The molecule has 21 heavy (non-hydrogen) atoms. The minimum Gasteiger partial charge on any atom is -0.334 e. The molecule has 0 radical (unpaired) electrons. The van der Waals surface area contributed by atoms with Gasteiger partial charge in [0.2, 0.25) is 0 Å². The van der Waals surface area contributed by atoms with Crippen molar-refractivity contribution in [2.24, 2.45) is 5.41 Å². The summed E-state index contributed by atoms with van der Waals surface area (Å²) >= 11 is 6.17. The quantitative estimate of drug-likeness (QED) is 0.927. The first-order chi connectivity index (χ1) is 9.79. The van der Waals surface area contributed by atoms with Gasteiger partial charge >= 0.3 is 0 Å². The standard InChI is InChI=1S/C17H25ClN2O/c1-12-14(6-5-7-15(12)18)16(21)20(11-17(2,3)4)13-8-9-19-10-13/h5-7,13,19H,8-11H2,1-4H3. The lowest BCUT2D eigenvalue weighted by Gasteiger charge is -2.35. The Balaban J connectivity index is 2.31. The first kappa shape index (κ1) is 16.3. The second-order valence-electron chi connectivity index (χ2n) is 7.05. The number of hydrogen-bond acceptors (Lipinski definition) is 2. The Kier molecular flexibility index (Phi) is 4.95. The number of amides is 1. The Morgan fingerprint density at radius 3 is 2.71 bits per heavy atom. The van der Waals surface area contributed by atoms with Crippen molar-refractivity contribution in [1.82, 2.24) is 10.2 Å². The zero-order chi connectivity index (χ0) is 15.6. The third-order valence-electron chi connectivity index (χ3n) is 3.88. The van der Waals surface area contributed by atoms with Crippen LogP contribution in [0.15, 0.2) is 18.2 Å². The predicted molar refractivity (Wildman–Crippen MR) is 88.0 cm³/mol. The molecule has 0 aromatic heterocycles. The van der Waals surface area contributed by atoms with Crippen LogP contribution in [-0.2, 0) is 0 Å². The fourth-order valence-electron chi connectivity index (χ4n) is 2.78. The van der Waals surface area contributed by atoms with E-state index in [1.165, 1.54) is 0 Å². The number of benzene rings is 1. The smallest absolute Gasteiger partial charge is 0.254 e. The molecule has 0 aliphatic carbocycles. The van der Waals surface area contributed by atoms with Gasteiger partial charge in [-0.25, -0.2) is 0 Å². The lowest BCUT2D eigenvalue weighted by molar-refractivity contribution is 0.0614. The third-order valence-corrected chi connectivity index (χ3v) is 4.29. The highest BCUT2D eigenvalue weighted by Gasteiger charge is 2.31. The van der Waals surface area contributed by atoms with Crippen molar-refractivity contribution in [3.63, 3.8) is 0 Å². The van der Waals surface area contributed by atoms with Crippen molar-refractivity contribution in [2.75, 3.05) is 19.6 Å². The highest BCUT2D eigenvalue weighted by atomic mass is 35.5. The maximum atomic E-state index is 13.0. The van der Waals surface area contributed by atoms with Crippen LogP contribution in [0.4, 0.5) is 0 Å². The van der Waals surface area contributed by atoms with Gasteiger partial charge in [-0.05, 0) is 43.0 Å². The van der Waals surface area contributed by atoms with Crippen LogP contribution in [0.1, 0.15) is 43.1 Å². The van der Waals surface area contributed by atoms with E-state index >= 15 is 0 Å². The largest absolute Gasteiger partial charge is 0.334 e. The molecule has 1 N–H and O–H groups in total. The van der Waals surface area contributed by atoms with E-state index in [2.05, 4.69) is 26.1 Å². The van der Waals surface area contributed by atoms with Crippen LogP contribution in [0.2, 0.25) is 5.02 Å². The van der Waals surface area contributed by atoms with E-state index in [0.29, 0.717) is 5.02 Å². The SMILES string of the molecule is Cc1c(Cl)cccc1C(=O)N(CC(C)(C)C)C1CCNC1. The van der Waals surface area contributed by atoms with E-state index in [9.17, 15) is 4.79 Å². The molecule has 3 nitrogen and oxygen atoms in total. The van der Waals surface area contributed by atoms with Crippen LogP contribution in [0.3, 0.4) is 0 Å². The molecule has 1 atom stereocenters. The number of nitrogens with zero attached hydrogens (tertiary/aromatic N) is 1. The molecule has 1 amide bonds. The molecule has 4 heteroatoms. The Bertz CT molecular complexity index is 516. The fourth-order valence-corrected chi connectivity index (χ4v) is 2.95. The van der Waals surface area contributed by atoms with Gasteiger partial charge in [-0.1, -0.05) is 38.4 Å².